The smallest absolute Gasteiger partial charge is 0.166 e. The predicted molar refractivity (Wildman–Crippen MR) is 64.6 cm³/mol. The molecule has 0 spiro atoms. The number of fused-ring (bicyclic) bond motifs is 1. The second-order valence-electron chi connectivity index (χ2n) is 3.94. The van der Waals surface area contributed by atoms with Gasteiger partial charge in [-0.25, -0.2) is 4.98 Å². The summed E-state index contributed by atoms with van der Waals surface area (Å²) in [5.74, 6) is 0. The van der Waals surface area contributed by atoms with Crippen LogP contribution in [0.4, 0.5) is 0 Å². The average Bonchev–Trinajstić information content (AvgIpc) is 2.85. The highest BCUT2D eigenvalue weighted by atomic mass is 32.2. The van der Waals surface area contributed by atoms with Crippen LogP contribution >= 0.6 is 11.8 Å². The molecule has 84 valence electrons. The molecule has 1 aromatic carbocycles. The molecule has 0 amide bonds. The van der Waals surface area contributed by atoms with Crippen LogP contribution in [0, 0.1) is 0 Å². The molecule has 2 heterocycles. The number of aromatic nitrogens is 2. The molecular formula is C11H13N3OS. The molecule has 3 rings (SSSR count). The summed E-state index contributed by atoms with van der Waals surface area (Å²) in [5.41, 5.74) is 2.02. The van der Waals surface area contributed by atoms with Gasteiger partial charge in [0.1, 0.15) is 0 Å². The first-order valence-electron chi connectivity index (χ1n) is 5.33. The number of aromatic amines is 1. The van der Waals surface area contributed by atoms with E-state index in [0.29, 0.717) is 6.54 Å². The van der Waals surface area contributed by atoms with Gasteiger partial charge in [0, 0.05) is 13.1 Å². The standard InChI is InChI=1S/C11H13N3OS/c15-9-5-12-6-10(9)16-11-13-7-3-1-2-4-8(7)14-11/h1-4,9-10,12,15H,5-6H2,(H,13,14). The molecule has 1 aromatic heterocycles. The maximum absolute atomic E-state index is 9.70. The molecule has 16 heavy (non-hydrogen) atoms. The molecule has 1 fully saturated rings. The molecule has 2 aromatic rings. The van der Waals surface area contributed by atoms with Crippen LogP contribution in [-0.4, -0.2) is 39.5 Å². The Morgan fingerprint density at radius 2 is 2.19 bits per heavy atom. The zero-order chi connectivity index (χ0) is 11.0. The minimum Gasteiger partial charge on any atom is -0.391 e. The van der Waals surface area contributed by atoms with Crippen molar-refractivity contribution in [1.82, 2.24) is 15.3 Å². The zero-order valence-electron chi connectivity index (χ0n) is 8.68. The number of hydrogen-bond donors (Lipinski definition) is 3. The van der Waals surface area contributed by atoms with Gasteiger partial charge >= 0.3 is 0 Å². The highest BCUT2D eigenvalue weighted by molar-refractivity contribution is 7.99. The Bertz CT molecular complexity index is 466. The number of imidazole rings is 1. The molecule has 3 N–H and O–H groups in total. The van der Waals surface area contributed by atoms with Crippen LogP contribution in [0.2, 0.25) is 0 Å². The summed E-state index contributed by atoms with van der Waals surface area (Å²) < 4.78 is 0. The Kier molecular flexibility index (Phi) is 2.59. The second-order valence-corrected chi connectivity index (χ2v) is 5.17. The maximum atomic E-state index is 9.70. The quantitative estimate of drug-likeness (QED) is 0.726. The molecule has 1 aliphatic heterocycles. The number of nitrogens with zero attached hydrogens (tertiary/aromatic N) is 1. The van der Waals surface area contributed by atoms with Gasteiger partial charge in [-0.2, -0.15) is 0 Å². The van der Waals surface area contributed by atoms with Gasteiger partial charge in [-0.1, -0.05) is 23.9 Å². The molecule has 0 radical (unpaired) electrons. The molecule has 1 aliphatic rings. The fraction of sp³-hybridized carbons (Fsp3) is 0.364. The van der Waals surface area contributed by atoms with Crippen molar-refractivity contribution < 1.29 is 5.11 Å². The van der Waals surface area contributed by atoms with E-state index in [2.05, 4.69) is 15.3 Å². The van der Waals surface area contributed by atoms with Crippen molar-refractivity contribution in [2.75, 3.05) is 13.1 Å². The Hall–Kier alpha value is -1.04. The van der Waals surface area contributed by atoms with Gasteiger partial charge in [0.25, 0.3) is 0 Å². The highest BCUT2D eigenvalue weighted by Gasteiger charge is 2.26. The molecule has 4 nitrogen and oxygen atoms in total. The summed E-state index contributed by atoms with van der Waals surface area (Å²) in [6.45, 7) is 1.51. The Balaban J connectivity index is 1.83. The molecular weight excluding hydrogens is 222 g/mol. The topological polar surface area (TPSA) is 60.9 Å². The lowest BCUT2D eigenvalue weighted by molar-refractivity contribution is 0.201. The van der Waals surface area contributed by atoms with Crippen molar-refractivity contribution in [2.24, 2.45) is 0 Å². The summed E-state index contributed by atoms with van der Waals surface area (Å²) in [7, 11) is 0. The van der Waals surface area contributed by atoms with Gasteiger partial charge < -0.3 is 15.4 Å². The number of nitrogens with one attached hydrogen (secondary N) is 2. The number of thioether (sulfide) groups is 1. The number of hydrogen-bond acceptors (Lipinski definition) is 4. The van der Waals surface area contributed by atoms with E-state index < -0.39 is 0 Å². The van der Waals surface area contributed by atoms with E-state index in [4.69, 9.17) is 0 Å². The van der Waals surface area contributed by atoms with E-state index in [1.54, 1.807) is 11.8 Å². The Morgan fingerprint density at radius 1 is 1.31 bits per heavy atom. The van der Waals surface area contributed by atoms with Gasteiger partial charge in [0.2, 0.25) is 0 Å². The summed E-state index contributed by atoms with van der Waals surface area (Å²) in [5, 5.41) is 13.9. The van der Waals surface area contributed by atoms with Crippen molar-refractivity contribution >= 4 is 22.8 Å². The lowest BCUT2D eigenvalue weighted by atomic mass is 10.3. The van der Waals surface area contributed by atoms with Crippen LogP contribution < -0.4 is 5.32 Å². The van der Waals surface area contributed by atoms with Gasteiger partial charge in [-0.15, -0.1) is 0 Å². The fourth-order valence-corrected chi connectivity index (χ4v) is 2.95. The van der Waals surface area contributed by atoms with Crippen LogP contribution in [0.1, 0.15) is 0 Å². The zero-order valence-corrected chi connectivity index (χ0v) is 9.50. The van der Waals surface area contributed by atoms with Gasteiger partial charge in [0.05, 0.1) is 22.4 Å². The predicted octanol–water partition coefficient (Wildman–Crippen LogP) is 0.988. The third-order valence-electron chi connectivity index (χ3n) is 2.76. The molecule has 1 saturated heterocycles. The van der Waals surface area contributed by atoms with Gasteiger partial charge in [-0.3, -0.25) is 0 Å². The summed E-state index contributed by atoms with van der Waals surface area (Å²) in [6, 6.07) is 7.96. The normalized spacial score (nSPS) is 25.3. The number of benzene rings is 1. The number of H-pyrrole nitrogens is 1. The number of β-amino-alcohol motifs (C(OH)–C–C–N with tert-alkyl or cyclic N) is 1. The summed E-state index contributed by atoms with van der Waals surface area (Å²) >= 11 is 1.61. The van der Waals surface area contributed by atoms with E-state index in [0.717, 1.165) is 22.7 Å². The molecule has 2 atom stereocenters. The van der Waals surface area contributed by atoms with Crippen LogP contribution in [0.5, 0.6) is 0 Å². The molecule has 0 aliphatic carbocycles. The summed E-state index contributed by atoms with van der Waals surface area (Å²) in [6.07, 6.45) is -0.279. The second kappa shape index (κ2) is 4.08. The van der Waals surface area contributed by atoms with Crippen LogP contribution in [0.15, 0.2) is 29.4 Å². The van der Waals surface area contributed by atoms with Crippen molar-refractivity contribution in [1.29, 1.82) is 0 Å². The highest BCUT2D eigenvalue weighted by Crippen LogP contribution is 2.26. The molecule has 0 saturated carbocycles. The number of aliphatic hydroxyl groups is 1. The summed E-state index contributed by atoms with van der Waals surface area (Å²) in [4.78, 5) is 7.74. The Labute approximate surface area is 97.5 Å². The first-order valence-corrected chi connectivity index (χ1v) is 6.21. The molecule has 2 unspecified atom stereocenters. The average molecular weight is 235 g/mol. The number of aliphatic hydroxyl groups excluding tert-OH is 1. The van der Waals surface area contributed by atoms with Crippen LogP contribution in [-0.2, 0) is 0 Å². The van der Waals surface area contributed by atoms with E-state index in [-0.39, 0.29) is 11.4 Å². The van der Waals surface area contributed by atoms with Crippen LogP contribution in [0.3, 0.4) is 0 Å². The van der Waals surface area contributed by atoms with Crippen molar-refractivity contribution in [3.8, 4) is 0 Å². The lowest BCUT2D eigenvalue weighted by Crippen LogP contribution is -2.20. The van der Waals surface area contributed by atoms with Crippen LogP contribution in [0.25, 0.3) is 11.0 Å². The molecule has 5 heteroatoms. The van der Waals surface area contributed by atoms with Gasteiger partial charge in [0.15, 0.2) is 5.16 Å². The van der Waals surface area contributed by atoms with Gasteiger partial charge in [-0.05, 0) is 12.1 Å². The largest absolute Gasteiger partial charge is 0.391 e. The van der Waals surface area contributed by atoms with E-state index in [1.165, 1.54) is 0 Å². The number of para-hydroxylation sites is 2. The fourth-order valence-electron chi connectivity index (χ4n) is 1.89. The maximum Gasteiger partial charge on any atom is 0.166 e. The lowest BCUT2D eigenvalue weighted by Gasteiger charge is -2.09. The van der Waals surface area contributed by atoms with Crippen molar-refractivity contribution in [3.63, 3.8) is 0 Å². The van der Waals surface area contributed by atoms with Crippen molar-refractivity contribution in [3.05, 3.63) is 24.3 Å². The van der Waals surface area contributed by atoms with E-state index >= 15 is 0 Å². The SMILES string of the molecule is OC1CNCC1Sc1nc2ccccc2[nH]1. The first-order chi connectivity index (χ1) is 7.83. The Morgan fingerprint density at radius 3 is 2.94 bits per heavy atom. The molecule has 0 bridgehead atoms. The minimum absolute atomic E-state index is 0.195. The monoisotopic (exact) mass is 235 g/mol. The first kappa shape index (κ1) is 10.1. The minimum atomic E-state index is -0.279. The third kappa shape index (κ3) is 1.81. The van der Waals surface area contributed by atoms with E-state index in [9.17, 15) is 5.11 Å². The number of rotatable bonds is 2. The van der Waals surface area contributed by atoms with Crippen molar-refractivity contribution in [2.45, 2.75) is 16.5 Å². The van der Waals surface area contributed by atoms with E-state index in [1.807, 2.05) is 24.3 Å². The third-order valence-corrected chi connectivity index (χ3v) is 3.96.